The lowest BCUT2D eigenvalue weighted by Gasteiger charge is -2.06. The fraction of sp³-hybridized carbons (Fsp3) is 0.111. The lowest BCUT2D eigenvalue weighted by Crippen LogP contribution is -2.10. The Morgan fingerprint density at radius 1 is 1.47 bits per heavy atom. The second kappa shape index (κ2) is 5.36. The SMILES string of the molecule is N#CCC(=O)Nc1cc(Cl)c(Br)cc1Cl. The maximum Gasteiger partial charge on any atom is 0.238 e. The molecule has 0 saturated heterocycles. The molecular weight excluding hydrogens is 303 g/mol. The number of rotatable bonds is 2. The Hall–Kier alpha value is -0.760. The summed E-state index contributed by atoms with van der Waals surface area (Å²) >= 11 is 14.9. The first-order valence-corrected chi connectivity index (χ1v) is 5.41. The summed E-state index contributed by atoms with van der Waals surface area (Å²) in [6.07, 6.45) is -0.218. The van der Waals surface area contributed by atoms with E-state index in [-0.39, 0.29) is 6.42 Å². The molecule has 0 unspecified atom stereocenters. The molecule has 0 saturated carbocycles. The van der Waals surface area contributed by atoms with Crippen LogP contribution in [0.15, 0.2) is 16.6 Å². The molecule has 0 spiro atoms. The maximum atomic E-state index is 11.1. The first kappa shape index (κ1) is 12.3. The molecule has 0 aliphatic heterocycles. The highest BCUT2D eigenvalue weighted by atomic mass is 79.9. The maximum absolute atomic E-state index is 11.1. The van der Waals surface area contributed by atoms with E-state index in [1.807, 2.05) is 0 Å². The molecule has 0 fully saturated rings. The van der Waals surface area contributed by atoms with Crippen LogP contribution in [0.3, 0.4) is 0 Å². The third-order valence-electron chi connectivity index (χ3n) is 1.52. The average Bonchev–Trinajstić information content (AvgIpc) is 2.14. The molecule has 1 rings (SSSR count). The number of carbonyl (C=O) groups is 1. The van der Waals surface area contributed by atoms with Crippen molar-refractivity contribution in [3.05, 3.63) is 26.7 Å². The van der Waals surface area contributed by atoms with Crippen molar-refractivity contribution in [2.24, 2.45) is 0 Å². The number of hydrogen-bond donors (Lipinski definition) is 1. The Morgan fingerprint density at radius 2 is 2.13 bits per heavy atom. The third kappa shape index (κ3) is 3.38. The van der Waals surface area contributed by atoms with Gasteiger partial charge < -0.3 is 5.32 Å². The fourth-order valence-corrected chi connectivity index (χ4v) is 1.73. The lowest BCUT2D eigenvalue weighted by molar-refractivity contribution is -0.115. The van der Waals surface area contributed by atoms with Crippen LogP contribution in [0.5, 0.6) is 0 Å². The topological polar surface area (TPSA) is 52.9 Å². The van der Waals surface area contributed by atoms with E-state index in [0.29, 0.717) is 20.2 Å². The lowest BCUT2D eigenvalue weighted by atomic mass is 10.3. The van der Waals surface area contributed by atoms with Gasteiger partial charge in [-0.1, -0.05) is 23.2 Å². The largest absolute Gasteiger partial charge is 0.324 e. The van der Waals surface area contributed by atoms with Crippen molar-refractivity contribution in [2.45, 2.75) is 6.42 Å². The van der Waals surface area contributed by atoms with Gasteiger partial charge in [0.25, 0.3) is 0 Å². The number of benzene rings is 1. The van der Waals surface area contributed by atoms with Crippen molar-refractivity contribution in [3.63, 3.8) is 0 Å². The van der Waals surface area contributed by atoms with Gasteiger partial charge in [0, 0.05) is 4.47 Å². The second-order valence-electron chi connectivity index (χ2n) is 2.63. The summed E-state index contributed by atoms with van der Waals surface area (Å²) in [5.41, 5.74) is 0.394. The van der Waals surface area contributed by atoms with Gasteiger partial charge >= 0.3 is 0 Å². The molecule has 1 N–H and O–H groups in total. The molecule has 1 amide bonds. The zero-order valence-corrected chi connectivity index (χ0v) is 10.4. The van der Waals surface area contributed by atoms with E-state index >= 15 is 0 Å². The summed E-state index contributed by atoms with van der Waals surface area (Å²) in [5.74, 6) is -0.419. The van der Waals surface area contributed by atoms with Crippen molar-refractivity contribution in [1.29, 1.82) is 5.26 Å². The van der Waals surface area contributed by atoms with Crippen molar-refractivity contribution < 1.29 is 4.79 Å². The van der Waals surface area contributed by atoms with Crippen LogP contribution < -0.4 is 5.32 Å². The summed E-state index contributed by atoms with van der Waals surface area (Å²) < 4.78 is 0.646. The smallest absolute Gasteiger partial charge is 0.238 e. The first-order valence-electron chi connectivity index (χ1n) is 3.86. The van der Waals surface area contributed by atoms with Gasteiger partial charge in [-0.2, -0.15) is 5.26 Å². The number of nitrogens with zero attached hydrogens (tertiary/aromatic N) is 1. The molecule has 0 aromatic heterocycles. The summed E-state index contributed by atoms with van der Waals surface area (Å²) in [7, 11) is 0. The first-order chi connectivity index (χ1) is 7.04. The van der Waals surface area contributed by atoms with Crippen LogP contribution in [-0.4, -0.2) is 5.91 Å². The highest BCUT2D eigenvalue weighted by Gasteiger charge is 2.08. The fourth-order valence-electron chi connectivity index (χ4n) is 0.885. The Kier molecular flexibility index (Phi) is 4.40. The molecule has 1 aromatic rings. The average molecular weight is 308 g/mol. The summed E-state index contributed by atoms with van der Waals surface area (Å²) in [4.78, 5) is 11.1. The van der Waals surface area contributed by atoms with E-state index in [2.05, 4.69) is 21.2 Å². The number of nitrogens with one attached hydrogen (secondary N) is 1. The molecule has 78 valence electrons. The molecule has 0 aliphatic rings. The van der Waals surface area contributed by atoms with Gasteiger partial charge in [-0.3, -0.25) is 4.79 Å². The molecule has 0 bridgehead atoms. The standard InChI is InChI=1S/C9H5BrCl2N2O/c10-5-3-7(12)8(4-6(5)11)14-9(15)1-2-13/h3-4H,1H2,(H,14,15). The predicted octanol–water partition coefficient (Wildman–Crippen LogP) is 3.61. The van der Waals surface area contributed by atoms with Gasteiger partial charge in [0.2, 0.25) is 5.91 Å². The number of anilines is 1. The molecular formula is C9H5BrCl2N2O. The summed E-state index contributed by atoms with van der Waals surface area (Å²) in [5, 5.41) is 11.6. The van der Waals surface area contributed by atoms with Crippen LogP contribution in [0, 0.1) is 11.3 Å². The Morgan fingerprint density at radius 3 is 2.73 bits per heavy atom. The highest BCUT2D eigenvalue weighted by molar-refractivity contribution is 9.10. The minimum absolute atomic E-state index is 0.218. The third-order valence-corrected chi connectivity index (χ3v) is 3.03. The predicted molar refractivity (Wildman–Crippen MR) is 63.0 cm³/mol. The number of halogens is 3. The monoisotopic (exact) mass is 306 g/mol. The van der Waals surface area contributed by atoms with Gasteiger partial charge in [0.05, 0.1) is 21.8 Å². The number of amides is 1. The zero-order chi connectivity index (χ0) is 11.4. The van der Waals surface area contributed by atoms with Crippen LogP contribution in [-0.2, 0) is 4.79 Å². The van der Waals surface area contributed by atoms with Gasteiger partial charge in [0.15, 0.2) is 0 Å². The van der Waals surface area contributed by atoms with Crippen molar-refractivity contribution >= 4 is 50.7 Å². The van der Waals surface area contributed by atoms with Crippen LogP contribution in [0.4, 0.5) is 5.69 Å². The molecule has 15 heavy (non-hydrogen) atoms. The van der Waals surface area contributed by atoms with Crippen LogP contribution >= 0.6 is 39.1 Å². The summed E-state index contributed by atoms with van der Waals surface area (Å²) in [6, 6.07) is 4.83. The van der Waals surface area contributed by atoms with E-state index in [1.54, 1.807) is 12.1 Å². The second-order valence-corrected chi connectivity index (χ2v) is 4.30. The van der Waals surface area contributed by atoms with E-state index in [0.717, 1.165) is 0 Å². The van der Waals surface area contributed by atoms with E-state index in [4.69, 9.17) is 28.5 Å². The number of hydrogen-bond acceptors (Lipinski definition) is 2. The van der Waals surface area contributed by atoms with E-state index < -0.39 is 5.91 Å². The van der Waals surface area contributed by atoms with Gasteiger partial charge in [-0.25, -0.2) is 0 Å². The molecule has 6 heteroatoms. The molecule has 0 aliphatic carbocycles. The normalized spacial score (nSPS) is 9.47. The molecule has 3 nitrogen and oxygen atoms in total. The minimum atomic E-state index is -0.419. The van der Waals surface area contributed by atoms with Crippen LogP contribution in [0.2, 0.25) is 10.0 Å². The van der Waals surface area contributed by atoms with Crippen molar-refractivity contribution in [3.8, 4) is 6.07 Å². The minimum Gasteiger partial charge on any atom is -0.324 e. The van der Waals surface area contributed by atoms with E-state index in [1.165, 1.54) is 6.07 Å². The Balaban J connectivity index is 2.92. The number of carbonyl (C=O) groups excluding carboxylic acids is 1. The quantitative estimate of drug-likeness (QED) is 0.849. The highest BCUT2D eigenvalue weighted by Crippen LogP contribution is 2.32. The van der Waals surface area contributed by atoms with Gasteiger partial charge in [0.1, 0.15) is 6.42 Å². The molecule has 0 heterocycles. The Bertz CT molecular complexity index is 442. The molecule has 0 radical (unpaired) electrons. The van der Waals surface area contributed by atoms with Crippen LogP contribution in [0.1, 0.15) is 6.42 Å². The van der Waals surface area contributed by atoms with Crippen molar-refractivity contribution in [2.75, 3.05) is 5.32 Å². The Labute approximate surface area is 105 Å². The molecule has 0 atom stereocenters. The molecule has 1 aromatic carbocycles. The number of nitriles is 1. The van der Waals surface area contributed by atoms with Gasteiger partial charge in [-0.05, 0) is 28.1 Å². The van der Waals surface area contributed by atoms with E-state index in [9.17, 15) is 4.79 Å². The van der Waals surface area contributed by atoms with Crippen LogP contribution in [0.25, 0.3) is 0 Å². The van der Waals surface area contributed by atoms with Gasteiger partial charge in [-0.15, -0.1) is 0 Å². The van der Waals surface area contributed by atoms with Crippen molar-refractivity contribution in [1.82, 2.24) is 0 Å². The summed E-state index contributed by atoms with van der Waals surface area (Å²) in [6.45, 7) is 0. The zero-order valence-electron chi connectivity index (χ0n) is 7.35.